The first-order chi connectivity index (χ1) is 10.2. The molecule has 0 amide bonds. The summed E-state index contributed by atoms with van der Waals surface area (Å²) >= 11 is 1.49. The molecule has 1 aliphatic rings. The van der Waals surface area contributed by atoms with Crippen LogP contribution in [0, 0.1) is 0 Å². The van der Waals surface area contributed by atoms with Crippen LogP contribution in [0.25, 0.3) is 0 Å². The molecular weight excluding hydrogens is 286 g/mol. The van der Waals surface area contributed by atoms with Crippen molar-refractivity contribution in [1.82, 2.24) is 15.0 Å². The van der Waals surface area contributed by atoms with E-state index >= 15 is 0 Å². The summed E-state index contributed by atoms with van der Waals surface area (Å²) in [5.41, 5.74) is 2.41. The van der Waals surface area contributed by atoms with E-state index in [4.69, 9.17) is 5.11 Å². The third-order valence-electron chi connectivity index (χ3n) is 3.50. The first-order valence-corrected chi connectivity index (χ1v) is 7.75. The number of aromatic nitrogens is 3. The highest BCUT2D eigenvalue weighted by Crippen LogP contribution is 2.32. The maximum absolute atomic E-state index is 11.0. The summed E-state index contributed by atoms with van der Waals surface area (Å²) in [5.74, 6) is -1.01. The molecule has 2 aromatic heterocycles. The Labute approximate surface area is 126 Å². The Kier molecular flexibility index (Phi) is 4.15. The van der Waals surface area contributed by atoms with Crippen molar-refractivity contribution in [2.75, 3.05) is 0 Å². The summed E-state index contributed by atoms with van der Waals surface area (Å²) < 4.78 is 0. The maximum atomic E-state index is 11.0. The Balaban J connectivity index is 1.91. The highest BCUT2D eigenvalue weighted by molar-refractivity contribution is 7.99. The lowest BCUT2D eigenvalue weighted by atomic mass is 10.1. The summed E-state index contributed by atoms with van der Waals surface area (Å²) in [5, 5.41) is 9.94. The molecule has 0 unspecified atom stereocenters. The van der Waals surface area contributed by atoms with Gasteiger partial charge in [0.25, 0.3) is 0 Å². The van der Waals surface area contributed by atoms with Gasteiger partial charge in [-0.15, -0.1) is 0 Å². The van der Waals surface area contributed by atoms with Gasteiger partial charge in [-0.25, -0.2) is 19.7 Å². The van der Waals surface area contributed by atoms with Crippen LogP contribution < -0.4 is 0 Å². The molecule has 0 radical (unpaired) electrons. The van der Waals surface area contributed by atoms with Crippen LogP contribution >= 0.6 is 11.8 Å². The second-order valence-corrected chi connectivity index (χ2v) is 6.01. The van der Waals surface area contributed by atoms with Crippen molar-refractivity contribution in [3.05, 3.63) is 41.6 Å². The van der Waals surface area contributed by atoms with Crippen molar-refractivity contribution in [2.24, 2.45) is 0 Å². The molecule has 0 atom stereocenters. The molecule has 5 nitrogen and oxygen atoms in total. The lowest BCUT2D eigenvalue weighted by Crippen LogP contribution is -2.01. The second kappa shape index (κ2) is 6.22. The molecule has 0 fully saturated rings. The van der Waals surface area contributed by atoms with Gasteiger partial charge in [-0.05, 0) is 37.8 Å². The number of aromatic carboxylic acids is 1. The molecule has 3 rings (SSSR count). The Hall–Kier alpha value is -1.95. The molecule has 0 bridgehead atoms. The van der Waals surface area contributed by atoms with Crippen molar-refractivity contribution in [3.8, 4) is 0 Å². The normalized spacial score (nSPS) is 14.3. The van der Waals surface area contributed by atoms with E-state index in [1.807, 2.05) is 6.07 Å². The maximum Gasteiger partial charge on any atom is 0.354 e. The fourth-order valence-electron chi connectivity index (χ4n) is 2.46. The van der Waals surface area contributed by atoms with Gasteiger partial charge in [-0.3, -0.25) is 0 Å². The summed E-state index contributed by atoms with van der Waals surface area (Å²) in [7, 11) is 0. The smallest absolute Gasteiger partial charge is 0.354 e. The molecule has 2 heterocycles. The number of carbonyl (C=O) groups is 1. The Morgan fingerprint density at radius 3 is 2.86 bits per heavy atom. The molecule has 0 saturated heterocycles. The molecule has 6 heteroatoms. The van der Waals surface area contributed by atoms with E-state index in [9.17, 15) is 4.79 Å². The minimum absolute atomic E-state index is 0.0557. The molecule has 0 saturated carbocycles. The molecule has 108 valence electrons. The molecule has 0 aromatic carbocycles. The van der Waals surface area contributed by atoms with E-state index in [2.05, 4.69) is 15.0 Å². The van der Waals surface area contributed by atoms with Gasteiger partial charge in [0.1, 0.15) is 17.0 Å². The minimum Gasteiger partial charge on any atom is -0.477 e. The van der Waals surface area contributed by atoms with E-state index in [1.54, 1.807) is 12.4 Å². The molecular formula is C15H15N3O2S. The van der Waals surface area contributed by atoms with Crippen molar-refractivity contribution >= 4 is 17.7 Å². The number of carboxylic acid groups (broad SMARTS) is 1. The second-order valence-electron chi connectivity index (χ2n) is 4.95. The zero-order valence-electron chi connectivity index (χ0n) is 11.5. The molecule has 1 aliphatic carbocycles. The Morgan fingerprint density at radius 2 is 2.00 bits per heavy atom. The van der Waals surface area contributed by atoms with Crippen LogP contribution in [0.1, 0.15) is 41.0 Å². The van der Waals surface area contributed by atoms with Crippen LogP contribution in [0.15, 0.2) is 34.6 Å². The molecule has 2 aromatic rings. The highest BCUT2D eigenvalue weighted by Gasteiger charge is 2.15. The third kappa shape index (κ3) is 3.21. The first kappa shape index (κ1) is 14.0. The van der Waals surface area contributed by atoms with Crippen molar-refractivity contribution in [2.45, 2.75) is 42.0 Å². The van der Waals surface area contributed by atoms with Crippen LogP contribution in [0.5, 0.6) is 0 Å². The van der Waals surface area contributed by atoms with Crippen molar-refractivity contribution < 1.29 is 9.90 Å². The number of carboxylic acids is 1. The number of fused-ring (bicyclic) bond motifs is 1. The fourth-order valence-corrected chi connectivity index (χ4v) is 3.42. The van der Waals surface area contributed by atoms with E-state index in [0.29, 0.717) is 0 Å². The Bertz CT molecular complexity index is 676. The number of pyridine rings is 1. The molecule has 0 aliphatic heterocycles. The van der Waals surface area contributed by atoms with Gasteiger partial charge in [0.2, 0.25) is 0 Å². The van der Waals surface area contributed by atoms with E-state index in [1.165, 1.54) is 36.4 Å². The van der Waals surface area contributed by atoms with Crippen molar-refractivity contribution in [3.63, 3.8) is 0 Å². The monoisotopic (exact) mass is 301 g/mol. The third-order valence-corrected chi connectivity index (χ3v) is 4.54. The lowest BCUT2D eigenvalue weighted by molar-refractivity contribution is 0.0690. The quantitative estimate of drug-likeness (QED) is 0.694. The minimum atomic E-state index is -1.01. The highest BCUT2D eigenvalue weighted by atomic mass is 32.2. The van der Waals surface area contributed by atoms with E-state index in [-0.39, 0.29) is 5.69 Å². The summed E-state index contributed by atoms with van der Waals surface area (Å²) in [6, 6.07) is 3.39. The largest absolute Gasteiger partial charge is 0.477 e. The van der Waals surface area contributed by atoms with Gasteiger partial charge in [0, 0.05) is 22.3 Å². The average Bonchev–Trinajstić information content (AvgIpc) is 2.73. The van der Waals surface area contributed by atoms with Gasteiger partial charge < -0.3 is 5.11 Å². The van der Waals surface area contributed by atoms with Gasteiger partial charge in [-0.1, -0.05) is 18.2 Å². The number of rotatable bonds is 3. The summed E-state index contributed by atoms with van der Waals surface area (Å²) in [6.45, 7) is 0. The number of aryl methyl sites for hydroxylation is 1. The van der Waals surface area contributed by atoms with Gasteiger partial charge in [0.05, 0.1) is 0 Å². The first-order valence-electron chi connectivity index (χ1n) is 6.94. The van der Waals surface area contributed by atoms with Gasteiger partial charge in [-0.2, -0.15) is 0 Å². The van der Waals surface area contributed by atoms with Crippen LogP contribution in [-0.4, -0.2) is 26.0 Å². The van der Waals surface area contributed by atoms with Crippen molar-refractivity contribution in [1.29, 1.82) is 0 Å². The fraction of sp³-hybridized carbons (Fsp3) is 0.333. The average molecular weight is 301 g/mol. The topological polar surface area (TPSA) is 76.0 Å². The van der Waals surface area contributed by atoms with E-state index < -0.39 is 5.97 Å². The van der Waals surface area contributed by atoms with Crippen LogP contribution in [0.2, 0.25) is 0 Å². The number of nitrogens with zero attached hydrogens (tertiary/aromatic N) is 3. The lowest BCUT2D eigenvalue weighted by Gasteiger charge is -2.09. The molecule has 1 N–H and O–H groups in total. The van der Waals surface area contributed by atoms with Crippen LogP contribution in [-0.2, 0) is 12.8 Å². The standard InChI is InChI=1S/C15H15N3O2S/c19-15(20)13-8-10(6-7-16-13)21-14-11-4-2-1-3-5-12(11)17-9-18-14/h6-9H,1-5H2,(H,19,20). The molecule has 21 heavy (non-hydrogen) atoms. The molecule has 0 spiro atoms. The van der Waals surface area contributed by atoms with Crippen LogP contribution in [0.3, 0.4) is 0 Å². The summed E-state index contributed by atoms with van der Waals surface area (Å²) in [6.07, 6.45) is 8.67. The van der Waals surface area contributed by atoms with Gasteiger partial charge in [0.15, 0.2) is 0 Å². The number of hydrogen-bond acceptors (Lipinski definition) is 5. The van der Waals surface area contributed by atoms with Crippen LogP contribution in [0.4, 0.5) is 0 Å². The van der Waals surface area contributed by atoms with E-state index in [0.717, 1.165) is 34.9 Å². The number of hydrogen-bond donors (Lipinski definition) is 1. The summed E-state index contributed by atoms with van der Waals surface area (Å²) in [4.78, 5) is 24.4. The predicted molar refractivity (Wildman–Crippen MR) is 78.6 cm³/mol. The SMILES string of the molecule is O=C(O)c1cc(Sc2ncnc3c2CCCCC3)ccn1. The van der Waals surface area contributed by atoms with Gasteiger partial charge >= 0.3 is 5.97 Å². The zero-order chi connectivity index (χ0) is 14.7. The zero-order valence-corrected chi connectivity index (χ0v) is 12.3. The predicted octanol–water partition coefficient (Wildman–Crippen LogP) is 2.99. The Morgan fingerprint density at radius 1 is 1.14 bits per heavy atom.